The molecule has 0 saturated carbocycles. The van der Waals surface area contributed by atoms with Crippen molar-refractivity contribution in [2.75, 3.05) is 11.9 Å². The second-order valence-corrected chi connectivity index (χ2v) is 4.36. The van der Waals surface area contributed by atoms with Crippen LogP contribution in [0.3, 0.4) is 0 Å². The third-order valence-electron chi connectivity index (χ3n) is 2.75. The molecular formula is C16H14FN3O. The number of hydrogen-bond donors (Lipinski definition) is 2. The quantitative estimate of drug-likeness (QED) is 0.829. The molecule has 0 saturated heterocycles. The number of carbonyl (C=O) groups excluding carboxylic acids is 1. The Hall–Kier alpha value is -2.71. The summed E-state index contributed by atoms with van der Waals surface area (Å²) < 4.78 is 13.2. The van der Waals surface area contributed by atoms with Crippen LogP contribution in [0.2, 0.25) is 0 Å². The fraction of sp³-hybridized carbons (Fsp3) is 0.125. The molecule has 21 heavy (non-hydrogen) atoms. The number of rotatable bonds is 2. The minimum atomic E-state index is -0.362. The lowest BCUT2D eigenvalue weighted by atomic mass is 10.2. The Morgan fingerprint density at radius 3 is 2.81 bits per heavy atom. The molecule has 0 fully saturated rings. The SMILES string of the molecule is Cc1cc(NC(=O)c2ccc(C#CCN)cn2)ccc1F. The van der Waals surface area contributed by atoms with Crippen LogP contribution in [-0.4, -0.2) is 17.4 Å². The molecule has 1 aromatic heterocycles. The molecular weight excluding hydrogens is 269 g/mol. The van der Waals surface area contributed by atoms with Crippen LogP contribution in [0, 0.1) is 24.6 Å². The van der Waals surface area contributed by atoms with E-state index in [1.165, 1.54) is 18.3 Å². The number of pyridine rings is 1. The summed E-state index contributed by atoms with van der Waals surface area (Å²) in [5.74, 6) is 4.86. The van der Waals surface area contributed by atoms with Gasteiger partial charge in [-0.2, -0.15) is 0 Å². The second kappa shape index (κ2) is 6.64. The highest BCUT2D eigenvalue weighted by molar-refractivity contribution is 6.02. The number of aromatic nitrogens is 1. The standard InChI is InChI=1S/C16H14FN3O/c1-11-9-13(5-6-14(11)17)20-16(21)15-7-4-12(10-19-15)3-2-8-18/h4-7,9-10H,8,18H2,1H3,(H,20,21). The van der Waals surface area contributed by atoms with E-state index in [0.717, 1.165) is 0 Å². The van der Waals surface area contributed by atoms with Crippen molar-refractivity contribution in [2.24, 2.45) is 5.73 Å². The summed E-state index contributed by atoms with van der Waals surface area (Å²) in [4.78, 5) is 16.1. The van der Waals surface area contributed by atoms with Crippen LogP contribution in [-0.2, 0) is 0 Å². The minimum Gasteiger partial charge on any atom is -0.321 e. The number of carbonyl (C=O) groups is 1. The molecule has 0 atom stereocenters. The van der Waals surface area contributed by atoms with Crippen molar-refractivity contribution in [1.82, 2.24) is 4.98 Å². The zero-order valence-electron chi connectivity index (χ0n) is 11.5. The molecule has 5 heteroatoms. The first-order valence-corrected chi connectivity index (χ1v) is 6.32. The number of nitrogens with two attached hydrogens (primary N) is 1. The summed E-state index contributed by atoms with van der Waals surface area (Å²) in [6.07, 6.45) is 1.51. The van der Waals surface area contributed by atoms with Crippen molar-refractivity contribution < 1.29 is 9.18 Å². The summed E-state index contributed by atoms with van der Waals surface area (Å²) in [6.45, 7) is 1.90. The van der Waals surface area contributed by atoms with Crippen LogP contribution in [0.1, 0.15) is 21.6 Å². The van der Waals surface area contributed by atoms with Crippen molar-refractivity contribution in [2.45, 2.75) is 6.92 Å². The first-order valence-electron chi connectivity index (χ1n) is 6.32. The van der Waals surface area contributed by atoms with Crippen LogP contribution in [0.4, 0.5) is 10.1 Å². The Labute approximate surface area is 122 Å². The Morgan fingerprint density at radius 1 is 1.38 bits per heavy atom. The highest BCUT2D eigenvalue weighted by Gasteiger charge is 2.08. The van der Waals surface area contributed by atoms with Crippen molar-refractivity contribution in [3.63, 3.8) is 0 Å². The number of nitrogens with zero attached hydrogens (tertiary/aromatic N) is 1. The maximum atomic E-state index is 13.2. The van der Waals surface area contributed by atoms with E-state index in [1.54, 1.807) is 25.1 Å². The van der Waals surface area contributed by atoms with Crippen molar-refractivity contribution >= 4 is 11.6 Å². The molecule has 0 unspecified atom stereocenters. The van der Waals surface area contributed by atoms with E-state index in [2.05, 4.69) is 22.1 Å². The zero-order chi connectivity index (χ0) is 15.2. The number of aryl methyl sites for hydroxylation is 1. The molecule has 2 rings (SSSR count). The molecule has 2 aromatic rings. The maximum Gasteiger partial charge on any atom is 0.274 e. The van der Waals surface area contributed by atoms with Crippen molar-refractivity contribution in [3.8, 4) is 11.8 Å². The first kappa shape index (κ1) is 14.7. The molecule has 3 N–H and O–H groups in total. The molecule has 106 valence electrons. The summed E-state index contributed by atoms with van der Waals surface area (Å²) >= 11 is 0. The van der Waals surface area contributed by atoms with Crippen molar-refractivity contribution in [3.05, 3.63) is 59.2 Å². The van der Waals surface area contributed by atoms with Gasteiger partial charge in [-0.25, -0.2) is 9.37 Å². The normalized spacial score (nSPS) is 9.67. The summed E-state index contributed by atoms with van der Waals surface area (Å²) in [5.41, 5.74) is 7.21. The molecule has 0 aliphatic heterocycles. The van der Waals surface area contributed by atoms with E-state index in [-0.39, 0.29) is 24.0 Å². The number of nitrogens with one attached hydrogen (secondary N) is 1. The van der Waals surface area contributed by atoms with Crippen LogP contribution >= 0.6 is 0 Å². The predicted octanol–water partition coefficient (Wildman–Crippen LogP) is 2.09. The monoisotopic (exact) mass is 283 g/mol. The van der Waals surface area contributed by atoms with E-state index < -0.39 is 0 Å². The summed E-state index contributed by atoms with van der Waals surface area (Å²) in [5, 5.41) is 2.66. The molecule has 1 aromatic carbocycles. The van der Waals surface area contributed by atoms with Gasteiger partial charge in [0.15, 0.2) is 0 Å². The average Bonchev–Trinajstić information content (AvgIpc) is 2.49. The van der Waals surface area contributed by atoms with Crippen LogP contribution in [0.15, 0.2) is 36.5 Å². The summed E-state index contributed by atoms with van der Waals surface area (Å²) in [7, 11) is 0. The Kier molecular flexibility index (Phi) is 4.64. The Bertz CT molecular complexity index is 715. The number of anilines is 1. The Balaban J connectivity index is 2.11. The van der Waals surface area contributed by atoms with Gasteiger partial charge in [-0.05, 0) is 42.8 Å². The van der Waals surface area contributed by atoms with E-state index in [4.69, 9.17) is 5.73 Å². The molecule has 0 aliphatic carbocycles. The second-order valence-electron chi connectivity index (χ2n) is 4.36. The lowest BCUT2D eigenvalue weighted by molar-refractivity contribution is 0.102. The van der Waals surface area contributed by atoms with E-state index in [9.17, 15) is 9.18 Å². The molecule has 0 spiro atoms. The van der Waals surface area contributed by atoms with Gasteiger partial charge in [-0.3, -0.25) is 4.79 Å². The van der Waals surface area contributed by atoms with E-state index >= 15 is 0 Å². The fourth-order valence-corrected chi connectivity index (χ4v) is 1.67. The predicted molar refractivity (Wildman–Crippen MR) is 79.3 cm³/mol. The van der Waals surface area contributed by atoms with Gasteiger partial charge < -0.3 is 11.1 Å². The van der Waals surface area contributed by atoms with Gasteiger partial charge in [-0.15, -0.1) is 0 Å². The van der Waals surface area contributed by atoms with Crippen LogP contribution < -0.4 is 11.1 Å². The number of halogens is 1. The topological polar surface area (TPSA) is 68.0 Å². The van der Waals surface area contributed by atoms with E-state index in [1.807, 2.05) is 0 Å². The van der Waals surface area contributed by atoms with Gasteiger partial charge in [0, 0.05) is 17.4 Å². The Morgan fingerprint density at radius 2 is 2.19 bits per heavy atom. The lowest BCUT2D eigenvalue weighted by Gasteiger charge is -2.06. The highest BCUT2D eigenvalue weighted by atomic mass is 19.1. The number of benzene rings is 1. The molecule has 1 amide bonds. The van der Waals surface area contributed by atoms with E-state index in [0.29, 0.717) is 16.8 Å². The zero-order valence-corrected chi connectivity index (χ0v) is 11.5. The van der Waals surface area contributed by atoms with Gasteiger partial charge >= 0.3 is 0 Å². The van der Waals surface area contributed by atoms with Gasteiger partial charge in [0.05, 0.1) is 6.54 Å². The van der Waals surface area contributed by atoms with Gasteiger partial charge in [0.2, 0.25) is 0 Å². The van der Waals surface area contributed by atoms with Gasteiger partial charge in [0.1, 0.15) is 11.5 Å². The van der Waals surface area contributed by atoms with Crippen LogP contribution in [0.25, 0.3) is 0 Å². The first-order chi connectivity index (χ1) is 10.1. The lowest BCUT2D eigenvalue weighted by Crippen LogP contribution is -2.13. The third kappa shape index (κ3) is 3.88. The van der Waals surface area contributed by atoms with Crippen molar-refractivity contribution in [1.29, 1.82) is 0 Å². The number of hydrogen-bond acceptors (Lipinski definition) is 3. The third-order valence-corrected chi connectivity index (χ3v) is 2.75. The minimum absolute atomic E-state index is 0.260. The molecule has 0 aliphatic rings. The summed E-state index contributed by atoms with van der Waals surface area (Å²) in [6, 6.07) is 7.65. The van der Waals surface area contributed by atoms with Gasteiger partial charge in [-0.1, -0.05) is 11.8 Å². The largest absolute Gasteiger partial charge is 0.321 e. The fourth-order valence-electron chi connectivity index (χ4n) is 1.67. The highest BCUT2D eigenvalue weighted by Crippen LogP contribution is 2.14. The molecule has 4 nitrogen and oxygen atoms in total. The molecule has 1 heterocycles. The number of amides is 1. The smallest absolute Gasteiger partial charge is 0.274 e. The van der Waals surface area contributed by atoms with Gasteiger partial charge in [0.25, 0.3) is 5.91 Å². The molecule has 0 bridgehead atoms. The molecule has 0 radical (unpaired) electrons. The van der Waals surface area contributed by atoms with Crippen LogP contribution in [0.5, 0.6) is 0 Å². The maximum absolute atomic E-state index is 13.2. The average molecular weight is 283 g/mol.